The van der Waals surface area contributed by atoms with Crippen LogP contribution in [0.3, 0.4) is 0 Å². The Labute approximate surface area is 127 Å². The van der Waals surface area contributed by atoms with Crippen molar-refractivity contribution >= 4 is 17.0 Å². The van der Waals surface area contributed by atoms with E-state index in [0.29, 0.717) is 19.9 Å². The van der Waals surface area contributed by atoms with Gasteiger partial charge in [-0.2, -0.15) is 0 Å². The first-order chi connectivity index (χ1) is 10.9. The summed E-state index contributed by atoms with van der Waals surface area (Å²) in [5.74, 6) is 0.975. The van der Waals surface area contributed by atoms with Crippen LogP contribution < -0.4 is 9.91 Å². The molecule has 3 aromatic rings. The Bertz CT molecular complexity index is 767. The lowest BCUT2D eigenvalue weighted by molar-refractivity contribution is 0.203. The molecule has 0 aliphatic carbocycles. The summed E-state index contributed by atoms with van der Waals surface area (Å²) in [5, 5.41) is 9.94. The van der Waals surface area contributed by atoms with E-state index in [0.717, 1.165) is 23.5 Å². The molecule has 0 unspecified atom stereocenters. The van der Waals surface area contributed by atoms with Crippen LogP contribution in [0.2, 0.25) is 0 Å². The van der Waals surface area contributed by atoms with E-state index in [9.17, 15) is 0 Å². The van der Waals surface area contributed by atoms with Gasteiger partial charge in [-0.3, -0.25) is 9.58 Å². The third kappa shape index (κ3) is 2.08. The summed E-state index contributed by atoms with van der Waals surface area (Å²) in [6.07, 6.45) is 3.41. The van der Waals surface area contributed by atoms with Gasteiger partial charge in [-0.05, 0) is 12.1 Å². The average molecular weight is 299 g/mol. The fraction of sp³-hybridized carbons (Fsp3) is 0.357. The number of aromatic nitrogens is 5. The zero-order valence-electron chi connectivity index (χ0n) is 12.3. The van der Waals surface area contributed by atoms with E-state index in [-0.39, 0.29) is 0 Å². The molecule has 0 amide bonds. The molecule has 1 aliphatic heterocycles. The van der Waals surface area contributed by atoms with Crippen LogP contribution in [-0.4, -0.2) is 51.4 Å². The number of para-hydroxylation sites is 2. The van der Waals surface area contributed by atoms with Crippen molar-refractivity contribution in [1.29, 1.82) is 0 Å². The fourth-order valence-corrected chi connectivity index (χ4v) is 2.77. The number of imidazole rings is 1. The summed E-state index contributed by atoms with van der Waals surface area (Å²) in [6, 6.07) is 8.18. The highest BCUT2D eigenvalue weighted by Gasteiger charge is 2.25. The third-order valence-electron chi connectivity index (χ3n) is 3.85. The molecule has 0 radical (unpaired) electrons. The van der Waals surface area contributed by atoms with Crippen molar-refractivity contribution in [3.63, 3.8) is 0 Å². The number of nitrogens with zero attached hydrogens (tertiary/aromatic N) is 7. The minimum atomic E-state index is 0.652. The number of hydrogen-bond donors (Lipinski definition) is 0. The molecule has 0 N–H and O–H groups in total. The first-order valence-electron chi connectivity index (χ1n) is 7.16. The zero-order chi connectivity index (χ0) is 14.9. The van der Waals surface area contributed by atoms with Crippen molar-refractivity contribution in [2.24, 2.45) is 0 Å². The quantitative estimate of drug-likeness (QED) is 0.705. The van der Waals surface area contributed by atoms with Crippen LogP contribution in [0, 0.1) is 0 Å². The maximum Gasteiger partial charge on any atom is 0.209 e. The van der Waals surface area contributed by atoms with Crippen molar-refractivity contribution in [3.8, 4) is 0 Å². The van der Waals surface area contributed by atoms with Gasteiger partial charge < -0.3 is 9.64 Å². The zero-order valence-corrected chi connectivity index (χ0v) is 12.3. The molecule has 0 bridgehead atoms. The Kier molecular flexibility index (Phi) is 3.15. The lowest BCUT2D eigenvalue weighted by Gasteiger charge is -2.37. The van der Waals surface area contributed by atoms with E-state index in [1.807, 2.05) is 22.9 Å². The minimum absolute atomic E-state index is 0.652. The maximum absolute atomic E-state index is 5.23. The molecule has 0 saturated heterocycles. The van der Waals surface area contributed by atoms with Gasteiger partial charge in [0.25, 0.3) is 0 Å². The van der Waals surface area contributed by atoms with Crippen LogP contribution in [0.25, 0.3) is 11.0 Å². The molecule has 0 fully saturated rings. The molecule has 8 nitrogen and oxygen atoms in total. The van der Waals surface area contributed by atoms with Crippen LogP contribution in [0.15, 0.2) is 36.9 Å². The molecule has 22 heavy (non-hydrogen) atoms. The highest BCUT2D eigenvalue weighted by atomic mass is 16.5. The molecule has 1 aromatic carbocycles. The van der Waals surface area contributed by atoms with Crippen LogP contribution in [0.4, 0.5) is 5.95 Å². The van der Waals surface area contributed by atoms with Crippen molar-refractivity contribution in [2.45, 2.75) is 6.67 Å². The lowest BCUT2D eigenvalue weighted by Crippen LogP contribution is -2.50. The Morgan fingerprint density at radius 3 is 2.77 bits per heavy atom. The van der Waals surface area contributed by atoms with Gasteiger partial charge in [0.15, 0.2) is 0 Å². The summed E-state index contributed by atoms with van der Waals surface area (Å²) in [7, 11) is 1.71. The number of fused-ring (bicyclic) bond motifs is 3. The lowest BCUT2D eigenvalue weighted by atomic mass is 10.3. The second kappa shape index (κ2) is 5.30. The predicted octanol–water partition coefficient (Wildman–Crippen LogP) is 0.647. The van der Waals surface area contributed by atoms with Gasteiger partial charge in [-0.25, -0.2) is 9.66 Å². The Morgan fingerprint density at radius 1 is 1.14 bits per heavy atom. The molecule has 3 heterocycles. The summed E-state index contributed by atoms with van der Waals surface area (Å²) in [6.45, 7) is 2.85. The monoisotopic (exact) mass is 299 g/mol. The maximum atomic E-state index is 5.23. The second-order valence-electron chi connectivity index (χ2n) is 5.22. The molecule has 1 aliphatic rings. The van der Waals surface area contributed by atoms with Crippen molar-refractivity contribution in [2.75, 3.05) is 36.8 Å². The SMILES string of the molecule is COCCN1CN(n2cnnc2)Cn2c1nc1ccccc12. The highest BCUT2D eigenvalue weighted by Crippen LogP contribution is 2.26. The molecule has 8 heteroatoms. The van der Waals surface area contributed by atoms with Crippen molar-refractivity contribution in [1.82, 2.24) is 24.4 Å². The van der Waals surface area contributed by atoms with Gasteiger partial charge in [0.1, 0.15) is 26.0 Å². The highest BCUT2D eigenvalue weighted by molar-refractivity contribution is 5.79. The predicted molar refractivity (Wildman–Crippen MR) is 82.1 cm³/mol. The Morgan fingerprint density at radius 2 is 1.95 bits per heavy atom. The summed E-state index contributed by atoms with van der Waals surface area (Å²) in [5.41, 5.74) is 2.13. The Hall–Kier alpha value is -2.61. The molecule has 0 spiro atoms. The smallest absolute Gasteiger partial charge is 0.209 e. The molecule has 114 valence electrons. The van der Waals surface area contributed by atoms with Crippen LogP contribution in [0.1, 0.15) is 0 Å². The van der Waals surface area contributed by atoms with Gasteiger partial charge in [0.05, 0.1) is 17.6 Å². The van der Waals surface area contributed by atoms with Gasteiger partial charge >= 0.3 is 0 Å². The van der Waals surface area contributed by atoms with Crippen LogP contribution >= 0.6 is 0 Å². The largest absolute Gasteiger partial charge is 0.383 e. The summed E-state index contributed by atoms with van der Waals surface area (Å²) >= 11 is 0. The molecular formula is C14H17N7O. The van der Waals surface area contributed by atoms with Crippen LogP contribution in [0.5, 0.6) is 0 Å². The number of ether oxygens (including phenoxy) is 1. The normalized spacial score (nSPS) is 14.6. The molecule has 0 atom stereocenters. The van der Waals surface area contributed by atoms with Gasteiger partial charge in [-0.15, -0.1) is 10.2 Å². The molecule has 2 aromatic heterocycles. The molecular weight excluding hydrogens is 282 g/mol. The van der Waals surface area contributed by atoms with Gasteiger partial charge in [0.2, 0.25) is 5.95 Å². The van der Waals surface area contributed by atoms with E-state index in [2.05, 4.69) is 30.7 Å². The van der Waals surface area contributed by atoms with Gasteiger partial charge in [0, 0.05) is 13.7 Å². The number of methoxy groups -OCH3 is 1. The molecule has 0 saturated carbocycles. The van der Waals surface area contributed by atoms with E-state index in [1.165, 1.54) is 0 Å². The number of anilines is 1. The van der Waals surface area contributed by atoms with Crippen molar-refractivity contribution in [3.05, 3.63) is 36.9 Å². The van der Waals surface area contributed by atoms with Crippen molar-refractivity contribution < 1.29 is 4.74 Å². The van der Waals surface area contributed by atoms with E-state index in [4.69, 9.17) is 9.72 Å². The first-order valence-corrected chi connectivity index (χ1v) is 7.16. The average Bonchev–Trinajstić information content (AvgIpc) is 3.20. The number of benzene rings is 1. The third-order valence-corrected chi connectivity index (χ3v) is 3.85. The topological polar surface area (TPSA) is 64.2 Å². The summed E-state index contributed by atoms with van der Waals surface area (Å²) in [4.78, 5) is 6.97. The number of rotatable bonds is 4. The first kappa shape index (κ1) is 13.1. The standard InChI is InChI=1S/C14H17N7O/c1-22-7-6-18-10-20(19-8-15-16-9-19)11-21-13-5-3-2-4-12(13)17-14(18)21/h2-5,8-9H,6-7,10-11H2,1H3. The Balaban J connectivity index is 1.77. The fourth-order valence-electron chi connectivity index (χ4n) is 2.77. The summed E-state index contributed by atoms with van der Waals surface area (Å²) < 4.78 is 9.33. The van der Waals surface area contributed by atoms with Gasteiger partial charge in [-0.1, -0.05) is 12.1 Å². The van der Waals surface area contributed by atoms with E-state index in [1.54, 1.807) is 19.8 Å². The van der Waals surface area contributed by atoms with Crippen LogP contribution in [-0.2, 0) is 11.4 Å². The number of hydrogen-bond acceptors (Lipinski definition) is 6. The second-order valence-corrected chi connectivity index (χ2v) is 5.22. The van der Waals surface area contributed by atoms with E-state index < -0.39 is 0 Å². The molecule has 4 rings (SSSR count). The minimum Gasteiger partial charge on any atom is -0.383 e. The van der Waals surface area contributed by atoms with E-state index >= 15 is 0 Å².